The lowest BCUT2D eigenvalue weighted by Crippen LogP contribution is -2.22. The van der Waals surface area contributed by atoms with Gasteiger partial charge in [0.2, 0.25) is 0 Å². The number of carbonyl (C=O) groups is 1. The Kier molecular flexibility index (Phi) is 4.16. The van der Waals surface area contributed by atoms with Gasteiger partial charge >= 0.3 is 0 Å². The number of carbonyl (C=O) groups excluding carboxylic acids is 1. The Morgan fingerprint density at radius 2 is 2.00 bits per heavy atom. The molecule has 0 radical (unpaired) electrons. The molecule has 0 saturated heterocycles. The molecule has 0 saturated carbocycles. The molecule has 118 valence electrons. The second kappa shape index (κ2) is 5.75. The predicted molar refractivity (Wildman–Crippen MR) is 84.5 cm³/mol. The SMILES string of the molecule is Cc1nn(C(C)(C)C)cc1C(C)Nc1ccc(C(N)=O)nn1. The summed E-state index contributed by atoms with van der Waals surface area (Å²) in [4.78, 5) is 11.0. The lowest BCUT2D eigenvalue weighted by atomic mass is 10.1. The molecule has 0 aromatic carbocycles. The molecule has 7 heteroatoms. The van der Waals surface area contributed by atoms with Crippen LogP contribution < -0.4 is 11.1 Å². The van der Waals surface area contributed by atoms with Crippen molar-refractivity contribution in [2.24, 2.45) is 5.73 Å². The summed E-state index contributed by atoms with van der Waals surface area (Å²) in [6, 6.07) is 3.26. The minimum Gasteiger partial charge on any atom is -0.364 e. The van der Waals surface area contributed by atoms with Gasteiger partial charge in [-0.3, -0.25) is 9.48 Å². The van der Waals surface area contributed by atoms with E-state index in [4.69, 9.17) is 5.73 Å². The normalized spacial score (nSPS) is 13.0. The molecule has 2 aromatic rings. The average molecular weight is 302 g/mol. The number of rotatable bonds is 4. The first-order chi connectivity index (χ1) is 10.2. The molecule has 2 heterocycles. The summed E-state index contributed by atoms with van der Waals surface area (Å²) in [7, 11) is 0. The summed E-state index contributed by atoms with van der Waals surface area (Å²) in [6.45, 7) is 10.3. The summed E-state index contributed by atoms with van der Waals surface area (Å²) in [5.74, 6) is -0.00481. The van der Waals surface area contributed by atoms with Crippen LogP contribution in [0.15, 0.2) is 18.3 Å². The smallest absolute Gasteiger partial charge is 0.269 e. The third-order valence-corrected chi connectivity index (χ3v) is 3.37. The second-order valence-electron chi connectivity index (χ2n) is 6.32. The van der Waals surface area contributed by atoms with Gasteiger partial charge in [0.1, 0.15) is 5.82 Å². The minimum absolute atomic E-state index is 0.0184. The van der Waals surface area contributed by atoms with Crippen molar-refractivity contribution in [2.45, 2.75) is 46.2 Å². The summed E-state index contributed by atoms with van der Waals surface area (Å²) in [5, 5.41) is 15.6. The van der Waals surface area contributed by atoms with Crippen LogP contribution in [0, 0.1) is 6.92 Å². The number of nitrogens with zero attached hydrogens (tertiary/aromatic N) is 4. The summed E-state index contributed by atoms with van der Waals surface area (Å²) < 4.78 is 1.96. The van der Waals surface area contributed by atoms with E-state index in [9.17, 15) is 4.79 Å². The van der Waals surface area contributed by atoms with Crippen molar-refractivity contribution >= 4 is 11.7 Å². The quantitative estimate of drug-likeness (QED) is 0.900. The molecule has 2 aromatic heterocycles. The van der Waals surface area contributed by atoms with E-state index in [1.54, 1.807) is 12.1 Å². The third kappa shape index (κ3) is 3.41. The molecule has 0 aliphatic rings. The van der Waals surface area contributed by atoms with E-state index >= 15 is 0 Å². The molecule has 7 nitrogen and oxygen atoms in total. The van der Waals surface area contributed by atoms with E-state index in [1.165, 1.54) is 0 Å². The van der Waals surface area contributed by atoms with Gasteiger partial charge in [-0.15, -0.1) is 10.2 Å². The van der Waals surface area contributed by atoms with Gasteiger partial charge in [0.25, 0.3) is 5.91 Å². The van der Waals surface area contributed by atoms with Crippen LogP contribution in [0.2, 0.25) is 0 Å². The van der Waals surface area contributed by atoms with Crippen LogP contribution in [-0.4, -0.2) is 25.9 Å². The Bertz CT molecular complexity index is 668. The first kappa shape index (κ1) is 15.9. The fourth-order valence-electron chi connectivity index (χ4n) is 2.08. The molecule has 0 fully saturated rings. The first-order valence-corrected chi connectivity index (χ1v) is 7.15. The molecular formula is C15H22N6O. The van der Waals surface area contributed by atoms with Gasteiger partial charge in [0.15, 0.2) is 5.69 Å². The maximum atomic E-state index is 11.0. The second-order valence-corrected chi connectivity index (χ2v) is 6.32. The van der Waals surface area contributed by atoms with Crippen LogP contribution in [0.25, 0.3) is 0 Å². The zero-order chi connectivity index (χ0) is 16.5. The Balaban J connectivity index is 2.17. The highest BCUT2D eigenvalue weighted by molar-refractivity contribution is 5.90. The van der Waals surface area contributed by atoms with Gasteiger partial charge in [0.05, 0.1) is 17.3 Å². The van der Waals surface area contributed by atoms with Crippen molar-refractivity contribution in [3.05, 3.63) is 35.3 Å². The van der Waals surface area contributed by atoms with Crippen LogP contribution in [0.1, 0.15) is 55.5 Å². The molecule has 0 aliphatic heterocycles. The Morgan fingerprint density at radius 1 is 1.32 bits per heavy atom. The van der Waals surface area contributed by atoms with Crippen molar-refractivity contribution in [3.63, 3.8) is 0 Å². The molecule has 2 rings (SSSR count). The Hall–Kier alpha value is -2.44. The van der Waals surface area contributed by atoms with Gasteiger partial charge in [-0.05, 0) is 46.8 Å². The van der Waals surface area contributed by atoms with Crippen LogP contribution in [0.4, 0.5) is 5.82 Å². The number of anilines is 1. The van der Waals surface area contributed by atoms with Crippen molar-refractivity contribution in [1.82, 2.24) is 20.0 Å². The highest BCUT2D eigenvalue weighted by Crippen LogP contribution is 2.23. The lowest BCUT2D eigenvalue weighted by molar-refractivity contribution is 0.0994. The van der Waals surface area contributed by atoms with Crippen LogP contribution in [-0.2, 0) is 5.54 Å². The number of amides is 1. The van der Waals surface area contributed by atoms with Crippen LogP contribution in [0.5, 0.6) is 0 Å². The molecular weight excluding hydrogens is 280 g/mol. The van der Waals surface area contributed by atoms with Gasteiger partial charge in [0, 0.05) is 11.8 Å². The Labute approximate surface area is 129 Å². The van der Waals surface area contributed by atoms with Crippen molar-refractivity contribution in [3.8, 4) is 0 Å². The van der Waals surface area contributed by atoms with E-state index in [2.05, 4.69) is 41.4 Å². The number of primary amides is 1. The molecule has 3 N–H and O–H groups in total. The Morgan fingerprint density at radius 3 is 2.45 bits per heavy atom. The topological polar surface area (TPSA) is 98.7 Å². The zero-order valence-electron chi connectivity index (χ0n) is 13.6. The van der Waals surface area contributed by atoms with E-state index in [-0.39, 0.29) is 17.3 Å². The van der Waals surface area contributed by atoms with Gasteiger partial charge in [-0.25, -0.2) is 0 Å². The van der Waals surface area contributed by atoms with Crippen molar-refractivity contribution in [2.75, 3.05) is 5.32 Å². The molecule has 1 atom stereocenters. The largest absolute Gasteiger partial charge is 0.364 e. The standard InChI is InChI=1S/C15H22N6O/c1-9(11-8-21(15(3,4)5)20-10(11)2)17-13-7-6-12(14(16)22)18-19-13/h6-9H,1-5H3,(H2,16,22)(H,17,19). The number of hydrogen-bond donors (Lipinski definition) is 2. The average Bonchev–Trinajstić information content (AvgIpc) is 2.81. The predicted octanol–water partition coefficient (Wildman–Crippen LogP) is 2.01. The lowest BCUT2D eigenvalue weighted by Gasteiger charge is -2.19. The summed E-state index contributed by atoms with van der Waals surface area (Å²) in [5.41, 5.74) is 7.29. The fraction of sp³-hybridized carbons (Fsp3) is 0.467. The van der Waals surface area contributed by atoms with E-state index in [0.717, 1.165) is 11.3 Å². The van der Waals surface area contributed by atoms with E-state index in [1.807, 2.05) is 24.7 Å². The van der Waals surface area contributed by atoms with Gasteiger partial charge in [-0.2, -0.15) is 5.10 Å². The maximum Gasteiger partial charge on any atom is 0.269 e. The fourth-order valence-corrected chi connectivity index (χ4v) is 2.08. The van der Waals surface area contributed by atoms with Crippen molar-refractivity contribution in [1.29, 1.82) is 0 Å². The maximum absolute atomic E-state index is 11.0. The number of hydrogen-bond acceptors (Lipinski definition) is 5. The molecule has 0 spiro atoms. The van der Waals surface area contributed by atoms with Crippen LogP contribution in [0.3, 0.4) is 0 Å². The molecule has 22 heavy (non-hydrogen) atoms. The van der Waals surface area contributed by atoms with E-state index < -0.39 is 5.91 Å². The van der Waals surface area contributed by atoms with Crippen molar-refractivity contribution < 1.29 is 4.79 Å². The first-order valence-electron chi connectivity index (χ1n) is 7.15. The number of aromatic nitrogens is 4. The highest BCUT2D eigenvalue weighted by atomic mass is 16.1. The summed E-state index contributed by atoms with van der Waals surface area (Å²) in [6.07, 6.45) is 2.04. The monoisotopic (exact) mass is 302 g/mol. The number of aryl methyl sites for hydroxylation is 1. The third-order valence-electron chi connectivity index (χ3n) is 3.37. The van der Waals surface area contributed by atoms with Gasteiger partial charge in [-0.1, -0.05) is 0 Å². The molecule has 1 unspecified atom stereocenters. The van der Waals surface area contributed by atoms with Gasteiger partial charge < -0.3 is 11.1 Å². The molecule has 0 aliphatic carbocycles. The van der Waals surface area contributed by atoms with Crippen LogP contribution >= 0.6 is 0 Å². The van der Waals surface area contributed by atoms with E-state index in [0.29, 0.717) is 5.82 Å². The highest BCUT2D eigenvalue weighted by Gasteiger charge is 2.19. The summed E-state index contributed by atoms with van der Waals surface area (Å²) >= 11 is 0. The molecule has 1 amide bonds. The molecule has 0 bridgehead atoms. The minimum atomic E-state index is -0.589. The zero-order valence-corrected chi connectivity index (χ0v) is 13.6. The number of nitrogens with one attached hydrogen (secondary N) is 1. The number of nitrogens with two attached hydrogens (primary N) is 1.